The Balaban J connectivity index is 1.76. The number of carbonyl (C=O) groups excluding carboxylic acids is 1. The predicted octanol–water partition coefficient (Wildman–Crippen LogP) is 2.97. The van der Waals surface area contributed by atoms with E-state index in [4.69, 9.17) is 4.74 Å². The minimum atomic E-state index is -0.225. The van der Waals surface area contributed by atoms with Crippen molar-refractivity contribution in [1.29, 1.82) is 0 Å². The summed E-state index contributed by atoms with van der Waals surface area (Å²) in [6.45, 7) is 10.0. The number of hydrogen-bond donors (Lipinski definition) is 0. The zero-order valence-electron chi connectivity index (χ0n) is 14.9. The molecule has 3 rings (SSSR count). The Morgan fingerprint density at radius 3 is 2.80 bits per heavy atom. The third-order valence-corrected chi connectivity index (χ3v) is 5.31. The molecule has 6 heteroatoms. The Kier molecular flexibility index (Phi) is 5.68. The molecule has 0 aliphatic carbocycles. The Hall–Kier alpha value is -1.95. The maximum absolute atomic E-state index is 13.1. The van der Waals surface area contributed by atoms with Crippen LogP contribution < -0.4 is 0 Å². The summed E-state index contributed by atoms with van der Waals surface area (Å²) in [6, 6.07) is 0. The lowest BCUT2D eigenvalue weighted by atomic mass is 9.80. The number of likely N-dealkylation sites (tertiary alicyclic amines) is 1. The quantitative estimate of drug-likeness (QED) is 0.714. The van der Waals surface area contributed by atoms with E-state index >= 15 is 0 Å². The minimum absolute atomic E-state index is 0.0398. The van der Waals surface area contributed by atoms with E-state index in [1.54, 1.807) is 10.9 Å². The monoisotopic (exact) mass is 344 g/mol. The van der Waals surface area contributed by atoms with Crippen molar-refractivity contribution in [3.05, 3.63) is 37.2 Å². The first-order chi connectivity index (χ1) is 12.2. The molecular formula is C19H28N4O2. The number of piperidine rings is 1. The van der Waals surface area contributed by atoms with Crippen LogP contribution in [-0.2, 0) is 11.3 Å². The summed E-state index contributed by atoms with van der Waals surface area (Å²) < 4.78 is 7.37. The molecule has 3 heterocycles. The molecular weight excluding hydrogens is 316 g/mol. The minimum Gasteiger partial charge on any atom is -0.376 e. The third kappa shape index (κ3) is 3.84. The highest BCUT2D eigenvalue weighted by molar-refractivity contribution is 5.92. The molecule has 2 aliphatic rings. The Labute approximate surface area is 149 Å². The van der Waals surface area contributed by atoms with Gasteiger partial charge in [-0.1, -0.05) is 17.4 Å². The van der Waals surface area contributed by atoms with Crippen molar-refractivity contribution >= 4 is 5.91 Å². The number of rotatable bonds is 7. The highest BCUT2D eigenvalue weighted by atomic mass is 16.5. The van der Waals surface area contributed by atoms with Gasteiger partial charge in [0.1, 0.15) is 0 Å². The average molecular weight is 344 g/mol. The summed E-state index contributed by atoms with van der Waals surface area (Å²) >= 11 is 0. The molecule has 0 N–H and O–H groups in total. The molecule has 1 aromatic rings. The standard InChI is InChI=1S/C19H28N4O2/c1-3-9-19(10-4-2)11-5-6-12-23(19)18(24)17-15-22(21-20-17)14-16-8-7-13-25-16/h3-4,15-16H,1-2,5-14H2. The third-order valence-electron chi connectivity index (χ3n) is 5.31. The van der Waals surface area contributed by atoms with Gasteiger partial charge in [0.25, 0.3) is 5.91 Å². The van der Waals surface area contributed by atoms with Gasteiger partial charge in [0.2, 0.25) is 0 Å². The molecule has 2 fully saturated rings. The largest absolute Gasteiger partial charge is 0.376 e. The van der Waals surface area contributed by atoms with Crippen LogP contribution in [0.3, 0.4) is 0 Å². The van der Waals surface area contributed by atoms with E-state index in [9.17, 15) is 4.79 Å². The van der Waals surface area contributed by atoms with Gasteiger partial charge < -0.3 is 9.64 Å². The van der Waals surface area contributed by atoms with Crippen LogP contribution in [0.1, 0.15) is 55.4 Å². The fourth-order valence-corrected chi connectivity index (χ4v) is 4.08. The number of carbonyl (C=O) groups is 1. The van der Waals surface area contributed by atoms with E-state index in [1.807, 2.05) is 17.1 Å². The van der Waals surface area contributed by atoms with Crippen molar-refractivity contribution in [3.8, 4) is 0 Å². The van der Waals surface area contributed by atoms with E-state index < -0.39 is 0 Å². The molecule has 1 atom stereocenters. The number of nitrogens with zero attached hydrogens (tertiary/aromatic N) is 4. The Morgan fingerprint density at radius 2 is 2.12 bits per heavy atom. The van der Waals surface area contributed by atoms with Crippen LogP contribution in [0, 0.1) is 0 Å². The summed E-state index contributed by atoms with van der Waals surface area (Å²) in [5.41, 5.74) is 0.189. The van der Waals surface area contributed by atoms with E-state index in [0.717, 1.165) is 58.1 Å². The molecule has 6 nitrogen and oxygen atoms in total. The maximum Gasteiger partial charge on any atom is 0.276 e. The van der Waals surface area contributed by atoms with Crippen LogP contribution in [0.2, 0.25) is 0 Å². The number of hydrogen-bond acceptors (Lipinski definition) is 4. The van der Waals surface area contributed by atoms with Gasteiger partial charge in [-0.05, 0) is 44.9 Å². The van der Waals surface area contributed by atoms with Gasteiger partial charge >= 0.3 is 0 Å². The van der Waals surface area contributed by atoms with Crippen molar-refractivity contribution in [2.75, 3.05) is 13.2 Å². The summed E-state index contributed by atoms with van der Waals surface area (Å²) in [7, 11) is 0. The summed E-state index contributed by atoms with van der Waals surface area (Å²) in [5.74, 6) is -0.0398. The Morgan fingerprint density at radius 1 is 1.32 bits per heavy atom. The van der Waals surface area contributed by atoms with Crippen molar-refractivity contribution in [2.24, 2.45) is 0 Å². The van der Waals surface area contributed by atoms with E-state index in [-0.39, 0.29) is 17.6 Å². The lowest BCUT2D eigenvalue weighted by Gasteiger charge is -2.46. The summed E-state index contributed by atoms with van der Waals surface area (Å²) in [6.07, 6.45) is 12.5. The molecule has 136 valence electrons. The van der Waals surface area contributed by atoms with Gasteiger partial charge in [-0.25, -0.2) is 4.68 Å². The first-order valence-corrected chi connectivity index (χ1v) is 9.24. The maximum atomic E-state index is 13.1. The fourth-order valence-electron chi connectivity index (χ4n) is 4.08. The van der Waals surface area contributed by atoms with Crippen molar-refractivity contribution < 1.29 is 9.53 Å². The molecule has 1 aromatic heterocycles. The second kappa shape index (κ2) is 7.95. The van der Waals surface area contributed by atoms with Crippen LogP contribution in [0.4, 0.5) is 0 Å². The van der Waals surface area contributed by atoms with Crippen LogP contribution in [0.25, 0.3) is 0 Å². The molecule has 0 aromatic carbocycles. The normalized spacial score (nSPS) is 22.7. The number of amides is 1. The van der Waals surface area contributed by atoms with E-state index in [2.05, 4.69) is 23.5 Å². The van der Waals surface area contributed by atoms with Gasteiger partial charge in [0.15, 0.2) is 5.69 Å². The number of ether oxygens (including phenoxy) is 1. The van der Waals surface area contributed by atoms with Gasteiger partial charge in [0, 0.05) is 13.2 Å². The van der Waals surface area contributed by atoms with Crippen molar-refractivity contribution in [1.82, 2.24) is 19.9 Å². The lowest BCUT2D eigenvalue weighted by Crippen LogP contribution is -2.54. The second-order valence-corrected chi connectivity index (χ2v) is 7.08. The molecule has 0 spiro atoms. The molecule has 1 unspecified atom stereocenters. The summed E-state index contributed by atoms with van der Waals surface area (Å²) in [4.78, 5) is 15.1. The zero-order valence-corrected chi connectivity index (χ0v) is 14.9. The van der Waals surface area contributed by atoms with Crippen LogP contribution in [0.15, 0.2) is 31.5 Å². The topological polar surface area (TPSA) is 60.2 Å². The highest BCUT2D eigenvalue weighted by Crippen LogP contribution is 2.36. The fraction of sp³-hybridized carbons (Fsp3) is 0.632. The van der Waals surface area contributed by atoms with Crippen LogP contribution >= 0.6 is 0 Å². The van der Waals surface area contributed by atoms with E-state index in [1.165, 1.54) is 0 Å². The molecule has 2 aliphatic heterocycles. The molecule has 2 saturated heterocycles. The second-order valence-electron chi connectivity index (χ2n) is 7.08. The lowest BCUT2D eigenvalue weighted by molar-refractivity contribution is 0.0324. The van der Waals surface area contributed by atoms with Crippen molar-refractivity contribution in [3.63, 3.8) is 0 Å². The first-order valence-electron chi connectivity index (χ1n) is 9.24. The zero-order chi connectivity index (χ0) is 17.7. The van der Waals surface area contributed by atoms with E-state index in [0.29, 0.717) is 12.2 Å². The summed E-state index contributed by atoms with van der Waals surface area (Å²) in [5, 5.41) is 8.27. The number of aromatic nitrogens is 3. The van der Waals surface area contributed by atoms with Gasteiger partial charge in [-0.3, -0.25) is 4.79 Å². The van der Waals surface area contributed by atoms with Crippen molar-refractivity contribution in [2.45, 2.75) is 63.1 Å². The molecule has 1 amide bonds. The van der Waals surface area contributed by atoms with Crippen LogP contribution in [-0.4, -0.2) is 50.6 Å². The Bertz CT molecular complexity index is 609. The molecule has 0 saturated carbocycles. The first kappa shape index (κ1) is 17.9. The van der Waals surface area contributed by atoms with Crippen LogP contribution in [0.5, 0.6) is 0 Å². The smallest absolute Gasteiger partial charge is 0.276 e. The molecule has 0 radical (unpaired) electrons. The SMILES string of the molecule is C=CCC1(CC=C)CCCCN1C(=O)c1cn(CC2CCCO2)nn1. The average Bonchev–Trinajstić information content (AvgIpc) is 3.28. The van der Waals surface area contributed by atoms with Gasteiger partial charge in [-0.15, -0.1) is 18.3 Å². The molecule has 25 heavy (non-hydrogen) atoms. The van der Waals surface area contributed by atoms with Gasteiger partial charge in [0.05, 0.1) is 24.4 Å². The molecule has 0 bridgehead atoms. The predicted molar refractivity (Wildman–Crippen MR) is 96.2 cm³/mol. The van der Waals surface area contributed by atoms with Gasteiger partial charge in [-0.2, -0.15) is 0 Å². The highest BCUT2D eigenvalue weighted by Gasteiger charge is 2.40.